The quantitative estimate of drug-likeness (QED) is 0.893. The first-order chi connectivity index (χ1) is 7.54. The van der Waals surface area contributed by atoms with E-state index < -0.39 is 5.97 Å². The fraction of sp³-hybridized carbons (Fsp3) is 0.364. The summed E-state index contributed by atoms with van der Waals surface area (Å²) >= 11 is 9.70. The second-order valence-electron chi connectivity index (χ2n) is 3.66. The largest absolute Gasteiger partial charge is 0.478 e. The van der Waals surface area contributed by atoms with Gasteiger partial charge in [0, 0.05) is 4.90 Å². The maximum Gasteiger partial charge on any atom is 0.337 e. The molecule has 5 heteroatoms. The molecule has 0 spiro atoms. The molecule has 1 unspecified atom stereocenters. The van der Waals surface area contributed by atoms with Crippen molar-refractivity contribution < 1.29 is 9.90 Å². The molecule has 0 radical (unpaired) electrons. The lowest BCUT2D eigenvalue weighted by Crippen LogP contribution is -2.02. The highest BCUT2D eigenvalue weighted by Crippen LogP contribution is 2.46. The summed E-state index contributed by atoms with van der Waals surface area (Å²) in [6.07, 6.45) is 2.91. The molecule has 0 saturated heterocycles. The van der Waals surface area contributed by atoms with Crippen LogP contribution >= 0.6 is 35.1 Å². The van der Waals surface area contributed by atoms with Crippen LogP contribution in [0.2, 0.25) is 5.02 Å². The van der Waals surface area contributed by atoms with Crippen molar-refractivity contribution in [2.75, 3.05) is 6.26 Å². The molecule has 0 aromatic heterocycles. The van der Waals surface area contributed by atoms with E-state index in [4.69, 9.17) is 16.7 Å². The molecule has 1 aromatic carbocycles. The zero-order valence-electron chi connectivity index (χ0n) is 8.91. The van der Waals surface area contributed by atoms with Gasteiger partial charge in [-0.3, -0.25) is 0 Å². The Morgan fingerprint density at radius 2 is 2.38 bits per heavy atom. The molecule has 1 atom stereocenters. The zero-order chi connectivity index (χ0) is 11.9. The minimum Gasteiger partial charge on any atom is -0.478 e. The smallest absolute Gasteiger partial charge is 0.337 e. The van der Waals surface area contributed by atoms with E-state index in [1.54, 1.807) is 29.6 Å². The first-order valence-electron chi connectivity index (χ1n) is 4.79. The van der Waals surface area contributed by atoms with Gasteiger partial charge in [-0.1, -0.05) is 11.6 Å². The van der Waals surface area contributed by atoms with E-state index in [1.165, 1.54) is 0 Å². The highest BCUT2D eigenvalue weighted by molar-refractivity contribution is 8.17. The third kappa shape index (κ3) is 1.94. The Labute approximate surface area is 108 Å². The van der Waals surface area contributed by atoms with Gasteiger partial charge in [0.05, 0.1) is 15.2 Å². The lowest BCUT2D eigenvalue weighted by molar-refractivity contribution is 0.0697. The van der Waals surface area contributed by atoms with E-state index in [0.717, 1.165) is 22.4 Å². The Balaban J connectivity index is 2.54. The van der Waals surface area contributed by atoms with Crippen LogP contribution in [0.1, 0.15) is 21.5 Å². The molecule has 0 fully saturated rings. The summed E-state index contributed by atoms with van der Waals surface area (Å²) in [4.78, 5) is 12.2. The summed E-state index contributed by atoms with van der Waals surface area (Å²) in [6, 6.07) is 1.67. The Kier molecular flexibility index (Phi) is 3.42. The molecule has 0 aliphatic carbocycles. The summed E-state index contributed by atoms with van der Waals surface area (Å²) in [7, 11) is 0. The van der Waals surface area contributed by atoms with Gasteiger partial charge >= 0.3 is 5.97 Å². The van der Waals surface area contributed by atoms with Crippen molar-refractivity contribution in [3.8, 4) is 0 Å². The van der Waals surface area contributed by atoms with Crippen LogP contribution in [0.5, 0.6) is 0 Å². The van der Waals surface area contributed by atoms with Crippen molar-refractivity contribution in [1.29, 1.82) is 0 Å². The van der Waals surface area contributed by atoms with Crippen molar-refractivity contribution in [1.82, 2.24) is 0 Å². The molecular weight excluding hydrogens is 264 g/mol. The van der Waals surface area contributed by atoms with E-state index in [-0.39, 0.29) is 5.56 Å². The predicted molar refractivity (Wildman–Crippen MR) is 70.0 cm³/mol. The zero-order valence-corrected chi connectivity index (χ0v) is 11.3. The minimum atomic E-state index is -0.950. The fourth-order valence-electron chi connectivity index (χ4n) is 1.82. The van der Waals surface area contributed by atoms with Crippen LogP contribution in [-0.4, -0.2) is 21.9 Å². The van der Waals surface area contributed by atoms with Gasteiger partial charge in [-0.15, -0.1) is 11.8 Å². The number of hydrogen-bond acceptors (Lipinski definition) is 3. The lowest BCUT2D eigenvalue weighted by atomic mass is 10.0. The van der Waals surface area contributed by atoms with Gasteiger partial charge in [-0.05, 0) is 36.8 Å². The molecule has 1 aromatic rings. The SMILES string of the molecule is CSC1Cc2c(Cl)c(C(=O)O)cc(C)c2S1. The van der Waals surface area contributed by atoms with Crippen molar-refractivity contribution in [2.45, 2.75) is 22.8 Å². The fourth-order valence-corrected chi connectivity index (χ4v) is 4.27. The number of aryl methyl sites for hydroxylation is 1. The van der Waals surface area contributed by atoms with E-state index in [0.29, 0.717) is 9.60 Å². The van der Waals surface area contributed by atoms with Gasteiger partial charge in [-0.25, -0.2) is 4.79 Å². The maximum absolute atomic E-state index is 11.0. The molecule has 1 heterocycles. The number of thioether (sulfide) groups is 2. The summed E-state index contributed by atoms with van der Waals surface area (Å²) in [5.74, 6) is -0.950. The van der Waals surface area contributed by atoms with Crippen LogP contribution in [0.15, 0.2) is 11.0 Å². The number of carbonyl (C=O) groups is 1. The molecule has 16 heavy (non-hydrogen) atoms. The summed E-state index contributed by atoms with van der Waals surface area (Å²) in [6.45, 7) is 1.94. The normalized spacial score (nSPS) is 18.6. The van der Waals surface area contributed by atoms with Crippen LogP contribution in [0.25, 0.3) is 0 Å². The molecule has 2 rings (SSSR count). The lowest BCUT2D eigenvalue weighted by Gasteiger charge is -2.08. The van der Waals surface area contributed by atoms with Crippen LogP contribution < -0.4 is 0 Å². The number of rotatable bonds is 2. The Morgan fingerprint density at radius 3 is 2.94 bits per heavy atom. The van der Waals surface area contributed by atoms with E-state index in [1.807, 2.05) is 6.92 Å². The first-order valence-corrected chi connectivity index (χ1v) is 7.34. The number of aromatic carboxylic acids is 1. The molecule has 1 N–H and O–H groups in total. The topological polar surface area (TPSA) is 37.3 Å². The molecule has 0 bridgehead atoms. The molecule has 1 aliphatic rings. The van der Waals surface area contributed by atoms with Crippen molar-refractivity contribution in [3.05, 3.63) is 27.8 Å². The van der Waals surface area contributed by atoms with E-state index >= 15 is 0 Å². The number of carboxylic acids is 1. The van der Waals surface area contributed by atoms with Gasteiger partial charge in [0.15, 0.2) is 0 Å². The highest BCUT2D eigenvalue weighted by Gasteiger charge is 2.28. The summed E-state index contributed by atoms with van der Waals surface area (Å²) < 4.78 is 0.454. The monoisotopic (exact) mass is 274 g/mol. The molecule has 2 nitrogen and oxygen atoms in total. The second-order valence-corrected chi connectivity index (χ2v) is 6.58. The van der Waals surface area contributed by atoms with Gasteiger partial charge in [0.25, 0.3) is 0 Å². The van der Waals surface area contributed by atoms with Crippen LogP contribution in [0, 0.1) is 6.92 Å². The Bertz CT molecular complexity index is 460. The third-order valence-corrected chi connectivity index (χ3v) is 5.83. The van der Waals surface area contributed by atoms with Crippen molar-refractivity contribution in [2.24, 2.45) is 0 Å². The summed E-state index contributed by atoms with van der Waals surface area (Å²) in [5, 5.41) is 9.46. The number of halogens is 1. The Morgan fingerprint density at radius 1 is 1.69 bits per heavy atom. The minimum absolute atomic E-state index is 0.222. The van der Waals surface area contributed by atoms with Gasteiger partial charge in [0.1, 0.15) is 0 Å². The average molecular weight is 275 g/mol. The Hall–Kier alpha value is -0.320. The van der Waals surface area contributed by atoms with Crippen molar-refractivity contribution in [3.63, 3.8) is 0 Å². The van der Waals surface area contributed by atoms with Crippen LogP contribution in [0.4, 0.5) is 0 Å². The average Bonchev–Trinajstić information content (AvgIpc) is 2.67. The van der Waals surface area contributed by atoms with Crippen LogP contribution in [0.3, 0.4) is 0 Å². The highest BCUT2D eigenvalue weighted by atomic mass is 35.5. The van der Waals surface area contributed by atoms with E-state index in [9.17, 15) is 4.79 Å². The maximum atomic E-state index is 11.0. The van der Waals surface area contributed by atoms with Gasteiger partial charge < -0.3 is 5.11 Å². The number of hydrogen-bond donors (Lipinski definition) is 1. The number of fused-ring (bicyclic) bond motifs is 1. The number of carboxylic acid groups (broad SMARTS) is 1. The van der Waals surface area contributed by atoms with Gasteiger partial charge in [-0.2, -0.15) is 11.8 Å². The molecule has 86 valence electrons. The van der Waals surface area contributed by atoms with Crippen molar-refractivity contribution >= 4 is 41.1 Å². The molecule has 0 amide bonds. The van der Waals surface area contributed by atoms with E-state index in [2.05, 4.69) is 6.26 Å². The third-order valence-electron chi connectivity index (χ3n) is 2.61. The molecular formula is C11H11ClO2S2. The summed E-state index contributed by atoms with van der Waals surface area (Å²) in [5.41, 5.74) is 2.24. The molecule has 0 saturated carbocycles. The number of benzene rings is 1. The van der Waals surface area contributed by atoms with Crippen LogP contribution in [-0.2, 0) is 6.42 Å². The standard InChI is InChI=1S/C11H11ClO2S2/c1-5-3-7(11(13)14)9(12)6-4-8(15-2)16-10(5)6/h3,8H,4H2,1-2H3,(H,13,14). The molecule has 1 aliphatic heterocycles. The predicted octanol–water partition coefficient (Wildman–Crippen LogP) is 3.68. The van der Waals surface area contributed by atoms with Gasteiger partial charge in [0.2, 0.25) is 0 Å². The second kappa shape index (κ2) is 4.51. The first kappa shape index (κ1) is 12.1.